The molecule has 3 heterocycles. The first kappa shape index (κ1) is 20.0. The van der Waals surface area contributed by atoms with E-state index in [0.29, 0.717) is 41.6 Å². The summed E-state index contributed by atoms with van der Waals surface area (Å²) in [6.45, 7) is 3.18. The van der Waals surface area contributed by atoms with Gasteiger partial charge in [0.25, 0.3) is 5.91 Å². The molecule has 2 fully saturated rings. The zero-order valence-electron chi connectivity index (χ0n) is 16.3. The number of methoxy groups -OCH3 is 1. The predicted octanol–water partition coefficient (Wildman–Crippen LogP) is 4.60. The van der Waals surface area contributed by atoms with Gasteiger partial charge in [0.1, 0.15) is 10.4 Å². The number of hydrogen-bond acceptors (Lipinski definition) is 5. The number of thiophene rings is 1. The van der Waals surface area contributed by atoms with Gasteiger partial charge >= 0.3 is 6.09 Å². The Kier molecular flexibility index (Phi) is 5.69. The van der Waals surface area contributed by atoms with Gasteiger partial charge in [-0.05, 0) is 25.3 Å². The normalized spacial score (nSPS) is 22.7. The highest BCUT2D eigenvalue weighted by Gasteiger charge is 2.44. The molecular formula is C21H23ClN2O4S. The van der Waals surface area contributed by atoms with Crippen LogP contribution in [0.3, 0.4) is 0 Å². The Labute approximate surface area is 179 Å². The Morgan fingerprint density at radius 1 is 1.24 bits per heavy atom. The third-order valence-electron chi connectivity index (χ3n) is 5.73. The van der Waals surface area contributed by atoms with Crippen molar-refractivity contribution in [2.24, 2.45) is 0 Å². The lowest BCUT2D eigenvalue weighted by atomic mass is 9.98. The number of nitrogens with zero attached hydrogens (tertiary/aromatic N) is 2. The topological polar surface area (TPSA) is 59.1 Å². The summed E-state index contributed by atoms with van der Waals surface area (Å²) in [4.78, 5) is 29.1. The molecule has 2 amide bonds. The first-order chi connectivity index (χ1) is 14.0. The van der Waals surface area contributed by atoms with E-state index in [1.165, 1.54) is 18.4 Å². The van der Waals surface area contributed by atoms with Gasteiger partial charge in [-0.15, -0.1) is 11.3 Å². The van der Waals surface area contributed by atoms with Crippen molar-refractivity contribution < 1.29 is 19.1 Å². The number of amides is 2. The number of cyclic esters (lactones) is 1. The average Bonchev–Trinajstić information content (AvgIpc) is 3.27. The second kappa shape index (κ2) is 8.24. The summed E-state index contributed by atoms with van der Waals surface area (Å²) in [6.07, 6.45) is 0.891. The maximum atomic E-state index is 12.9. The van der Waals surface area contributed by atoms with Gasteiger partial charge in [0.15, 0.2) is 5.75 Å². The molecule has 2 unspecified atom stereocenters. The smallest absolute Gasteiger partial charge is 0.411 e. The van der Waals surface area contributed by atoms with E-state index >= 15 is 0 Å². The third-order valence-corrected chi connectivity index (χ3v) is 6.91. The second-order valence-electron chi connectivity index (χ2n) is 7.34. The third kappa shape index (κ3) is 3.69. The monoisotopic (exact) mass is 434 g/mol. The van der Waals surface area contributed by atoms with Crippen molar-refractivity contribution in [1.82, 2.24) is 9.80 Å². The van der Waals surface area contributed by atoms with Crippen LogP contribution in [0.4, 0.5) is 4.79 Å². The molecular weight excluding hydrogens is 412 g/mol. The maximum absolute atomic E-state index is 12.9. The lowest BCUT2D eigenvalue weighted by molar-refractivity contribution is 0.0638. The molecule has 1 aromatic carbocycles. The molecule has 29 heavy (non-hydrogen) atoms. The van der Waals surface area contributed by atoms with Crippen molar-refractivity contribution in [3.8, 4) is 5.75 Å². The average molecular weight is 435 g/mol. The van der Waals surface area contributed by atoms with E-state index in [1.54, 1.807) is 10.3 Å². The Hall–Kier alpha value is -2.25. The van der Waals surface area contributed by atoms with Crippen LogP contribution in [0.2, 0.25) is 4.34 Å². The highest BCUT2D eigenvalue weighted by atomic mass is 35.5. The van der Waals surface area contributed by atoms with E-state index in [0.717, 1.165) is 5.56 Å². The summed E-state index contributed by atoms with van der Waals surface area (Å²) in [5, 5.41) is 1.74. The number of rotatable bonds is 4. The number of ether oxygens (including phenoxy) is 2. The highest BCUT2D eigenvalue weighted by Crippen LogP contribution is 2.38. The van der Waals surface area contributed by atoms with E-state index in [-0.39, 0.29) is 30.2 Å². The molecule has 6 nitrogen and oxygen atoms in total. The SMILES string of the molecule is COc1c(C(=O)N2CCC(N3C(=O)OC(c4ccccc4)C3C)CC2)csc1Cl. The molecule has 1 aromatic heterocycles. The van der Waals surface area contributed by atoms with E-state index in [2.05, 4.69) is 0 Å². The van der Waals surface area contributed by atoms with Gasteiger partial charge in [0.2, 0.25) is 0 Å². The molecule has 2 saturated heterocycles. The minimum atomic E-state index is -0.276. The van der Waals surface area contributed by atoms with Crippen LogP contribution in [0.25, 0.3) is 0 Å². The number of halogens is 1. The first-order valence-corrected chi connectivity index (χ1v) is 10.9. The fourth-order valence-electron chi connectivity index (χ4n) is 4.23. The van der Waals surface area contributed by atoms with E-state index < -0.39 is 0 Å². The number of piperidine rings is 1. The summed E-state index contributed by atoms with van der Waals surface area (Å²) in [5.41, 5.74) is 1.50. The Morgan fingerprint density at radius 3 is 2.59 bits per heavy atom. The number of benzene rings is 1. The molecule has 2 aliphatic rings. The largest absolute Gasteiger partial charge is 0.493 e. The Balaban J connectivity index is 1.42. The lowest BCUT2D eigenvalue weighted by Crippen LogP contribution is -2.49. The standard InChI is InChI=1S/C21H23ClN2O4S/c1-13-17(14-6-4-3-5-7-14)28-21(26)24(13)15-8-10-23(11-9-15)20(25)16-12-29-19(22)18(16)27-2/h3-7,12-13,15,17H,8-11H2,1-2H3. The van der Waals surface area contributed by atoms with Crippen LogP contribution in [0.15, 0.2) is 35.7 Å². The molecule has 2 aliphatic heterocycles. The minimum absolute atomic E-state index is 0.0482. The van der Waals surface area contributed by atoms with Crippen LogP contribution >= 0.6 is 22.9 Å². The summed E-state index contributed by atoms with van der Waals surface area (Å²) < 4.78 is 11.4. The van der Waals surface area contributed by atoms with Crippen molar-refractivity contribution in [3.63, 3.8) is 0 Å². The first-order valence-electron chi connectivity index (χ1n) is 9.65. The maximum Gasteiger partial charge on any atom is 0.411 e. The second-order valence-corrected chi connectivity index (χ2v) is 8.82. The molecule has 4 rings (SSSR count). The van der Waals surface area contributed by atoms with Crippen LogP contribution in [0.5, 0.6) is 5.75 Å². The van der Waals surface area contributed by atoms with Crippen molar-refractivity contribution in [2.45, 2.75) is 38.0 Å². The minimum Gasteiger partial charge on any atom is -0.493 e. The summed E-state index contributed by atoms with van der Waals surface area (Å²) in [6, 6.07) is 9.83. The fourth-order valence-corrected chi connectivity index (χ4v) is 5.27. The zero-order valence-corrected chi connectivity index (χ0v) is 17.9. The van der Waals surface area contributed by atoms with Gasteiger partial charge in [-0.3, -0.25) is 9.69 Å². The Bertz CT molecular complexity index is 895. The molecule has 0 N–H and O–H groups in total. The van der Waals surface area contributed by atoms with E-state index in [1.807, 2.05) is 42.2 Å². The van der Waals surface area contributed by atoms with Crippen molar-refractivity contribution in [2.75, 3.05) is 20.2 Å². The highest BCUT2D eigenvalue weighted by molar-refractivity contribution is 7.15. The van der Waals surface area contributed by atoms with Gasteiger partial charge < -0.3 is 14.4 Å². The summed E-state index contributed by atoms with van der Waals surface area (Å²) in [7, 11) is 1.51. The molecule has 0 bridgehead atoms. The van der Waals surface area contributed by atoms with Gasteiger partial charge in [-0.1, -0.05) is 41.9 Å². The van der Waals surface area contributed by atoms with Crippen LogP contribution < -0.4 is 4.74 Å². The van der Waals surface area contributed by atoms with Crippen molar-refractivity contribution in [3.05, 3.63) is 51.2 Å². The van der Waals surface area contributed by atoms with Crippen LogP contribution in [-0.2, 0) is 4.74 Å². The van der Waals surface area contributed by atoms with Crippen LogP contribution in [-0.4, -0.2) is 54.1 Å². The molecule has 0 saturated carbocycles. The quantitative estimate of drug-likeness (QED) is 0.705. The molecule has 2 atom stereocenters. The molecule has 0 aliphatic carbocycles. The van der Waals surface area contributed by atoms with Gasteiger partial charge in [-0.25, -0.2) is 4.79 Å². The van der Waals surface area contributed by atoms with Gasteiger partial charge in [-0.2, -0.15) is 0 Å². The van der Waals surface area contributed by atoms with Crippen LogP contribution in [0.1, 0.15) is 41.8 Å². The number of carbonyl (C=O) groups excluding carboxylic acids is 2. The molecule has 0 radical (unpaired) electrons. The van der Waals surface area contributed by atoms with Crippen molar-refractivity contribution in [1.29, 1.82) is 0 Å². The lowest BCUT2D eigenvalue weighted by Gasteiger charge is -2.37. The molecule has 154 valence electrons. The van der Waals surface area contributed by atoms with E-state index in [4.69, 9.17) is 21.1 Å². The van der Waals surface area contributed by atoms with Crippen molar-refractivity contribution >= 4 is 34.9 Å². The number of likely N-dealkylation sites (tertiary alicyclic amines) is 1. The Morgan fingerprint density at radius 2 is 1.93 bits per heavy atom. The van der Waals surface area contributed by atoms with E-state index in [9.17, 15) is 9.59 Å². The predicted molar refractivity (Wildman–Crippen MR) is 112 cm³/mol. The summed E-state index contributed by atoms with van der Waals surface area (Å²) in [5.74, 6) is 0.355. The zero-order chi connectivity index (χ0) is 20.5. The van der Waals surface area contributed by atoms with Gasteiger partial charge in [0, 0.05) is 24.5 Å². The summed E-state index contributed by atoms with van der Waals surface area (Å²) >= 11 is 7.39. The molecule has 0 spiro atoms. The fraction of sp³-hybridized carbons (Fsp3) is 0.429. The van der Waals surface area contributed by atoms with Crippen LogP contribution in [0, 0.1) is 0 Å². The number of carbonyl (C=O) groups is 2. The van der Waals surface area contributed by atoms with Gasteiger partial charge in [0.05, 0.1) is 18.7 Å². The molecule has 8 heteroatoms. The molecule has 2 aromatic rings. The number of hydrogen-bond donors (Lipinski definition) is 0.